The van der Waals surface area contributed by atoms with Crippen molar-refractivity contribution in [3.8, 4) is 0 Å². The van der Waals surface area contributed by atoms with E-state index in [-0.39, 0.29) is 5.69 Å². The number of nitro groups is 1. The summed E-state index contributed by atoms with van der Waals surface area (Å²) in [7, 11) is 3.93. The van der Waals surface area contributed by atoms with Crippen LogP contribution in [0.4, 0.5) is 22.7 Å². The van der Waals surface area contributed by atoms with Gasteiger partial charge in [-0.2, -0.15) is 10.2 Å². The van der Waals surface area contributed by atoms with Crippen LogP contribution < -0.4 is 4.90 Å². The molecule has 0 amide bonds. The highest BCUT2D eigenvalue weighted by molar-refractivity contribution is 5.52. The first-order chi connectivity index (χ1) is 9.56. The summed E-state index contributed by atoms with van der Waals surface area (Å²) in [5.74, 6) is 0. The molecule has 0 spiro atoms. The van der Waals surface area contributed by atoms with Crippen LogP contribution in [0.15, 0.2) is 58.8 Å². The highest BCUT2D eigenvalue weighted by Crippen LogP contribution is 2.22. The summed E-state index contributed by atoms with van der Waals surface area (Å²) in [5.41, 5.74) is 2.43. The van der Waals surface area contributed by atoms with E-state index in [1.807, 2.05) is 43.3 Å². The van der Waals surface area contributed by atoms with Crippen LogP contribution in [0.1, 0.15) is 0 Å². The van der Waals surface area contributed by atoms with Gasteiger partial charge in [-0.3, -0.25) is 10.1 Å². The molecule has 0 saturated carbocycles. The van der Waals surface area contributed by atoms with Crippen molar-refractivity contribution in [2.45, 2.75) is 0 Å². The maximum atomic E-state index is 10.5. The first-order valence-corrected chi connectivity index (χ1v) is 6.00. The molecule has 0 unspecified atom stereocenters. The Morgan fingerprint density at radius 3 is 1.75 bits per heavy atom. The lowest BCUT2D eigenvalue weighted by molar-refractivity contribution is -0.384. The number of rotatable bonds is 4. The third-order valence-corrected chi connectivity index (χ3v) is 2.71. The Labute approximate surface area is 116 Å². The summed E-state index contributed by atoms with van der Waals surface area (Å²) in [4.78, 5) is 12.1. The second-order valence-corrected chi connectivity index (χ2v) is 4.38. The first-order valence-electron chi connectivity index (χ1n) is 6.00. The van der Waals surface area contributed by atoms with E-state index < -0.39 is 4.92 Å². The smallest absolute Gasteiger partial charge is 0.269 e. The van der Waals surface area contributed by atoms with Crippen LogP contribution in [0.5, 0.6) is 0 Å². The number of anilines is 1. The van der Waals surface area contributed by atoms with Gasteiger partial charge in [0.15, 0.2) is 0 Å². The highest BCUT2D eigenvalue weighted by atomic mass is 16.6. The SMILES string of the molecule is CN(C)c1ccc(/N=N/c2ccc([N+](=O)[O-])cc2)cc1. The molecular weight excluding hydrogens is 256 g/mol. The predicted molar refractivity (Wildman–Crippen MR) is 78.0 cm³/mol. The summed E-state index contributed by atoms with van der Waals surface area (Å²) in [5, 5.41) is 18.7. The van der Waals surface area contributed by atoms with Gasteiger partial charge in [-0.05, 0) is 36.4 Å². The molecule has 6 heteroatoms. The van der Waals surface area contributed by atoms with Crippen molar-refractivity contribution in [3.63, 3.8) is 0 Å². The number of hydrogen-bond acceptors (Lipinski definition) is 5. The lowest BCUT2D eigenvalue weighted by Gasteiger charge is -2.11. The van der Waals surface area contributed by atoms with Crippen LogP contribution >= 0.6 is 0 Å². The Morgan fingerprint density at radius 1 is 0.900 bits per heavy atom. The van der Waals surface area contributed by atoms with E-state index in [2.05, 4.69) is 10.2 Å². The molecule has 0 bridgehead atoms. The van der Waals surface area contributed by atoms with Crippen LogP contribution in [0.3, 0.4) is 0 Å². The zero-order chi connectivity index (χ0) is 14.5. The van der Waals surface area contributed by atoms with Gasteiger partial charge in [0.05, 0.1) is 16.3 Å². The minimum atomic E-state index is -0.444. The summed E-state index contributed by atoms with van der Waals surface area (Å²) >= 11 is 0. The number of hydrogen-bond donors (Lipinski definition) is 0. The molecule has 0 aliphatic heterocycles. The van der Waals surface area contributed by atoms with Gasteiger partial charge in [-0.15, -0.1) is 0 Å². The minimum absolute atomic E-state index is 0.0410. The lowest BCUT2D eigenvalue weighted by atomic mass is 10.3. The van der Waals surface area contributed by atoms with Gasteiger partial charge in [-0.25, -0.2) is 0 Å². The van der Waals surface area contributed by atoms with Crippen LogP contribution in [0.2, 0.25) is 0 Å². The summed E-state index contributed by atoms with van der Waals surface area (Å²) < 4.78 is 0. The van der Waals surface area contributed by atoms with Crippen LogP contribution in [0, 0.1) is 10.1 Å². The molecule has 0 aliphatic carbocycles. The van der Waals surface area contributed by atoms with Crippen molar-refractivity contribution in [1.82, 2.24) is 0 Å². The summed E-state index contributed by atoms with van der Waals surface area (Å²) in [6.45, 7) is 0. The average Bonchev–Trinajstić information content (AvgIpc) is 2.46. The van der Waals surface area contributed by atoms with Crippen molar-refractivity contribution < 1.29 is 4.92 Å². The second-order valence-electron chi connectivity index (χ2n) is 4.38. The predicted octanol–water partition coefficient (Wildman–Crippen LogP) is 4.08. The zero-order valence-corrected chi connectivity index (χ0v) is 11.2. The molecule has 2 aromatic carbocycles. The average molecular weight is 270 g/mol. The Hall–Kier alpha value is -2.76. The quantitative estimate of drug-likeness (QED) is 0.477. The van der Waals surface area contributed by atoms with E-state index in [0.29, 0.717) is 5.69 Å². The standard InChI is InChI=1S/C14H14N4O2/c1-17(2)13-7-3-11(4-8-13)15-16-12-5-9-14(10-6-12)18(19)20/h3-10H,1-2H3/b16-15+. The van der Waals surface area contributed by atoms with Gasteiger partial charge in [-0.1, -0.05) is 0 Å². The number of nitro benzene ring substituents is 1. The molecule has 2 rings (SSSR count). The van der Waals surface area contributed by atoms with Crippen molar-refractivity contribution in [2.24, 2.45) is 10.2 Å². The number of benzene rings is 2. The fraction of sp³-hybridized carbons (Fsp3) is 0.143. The van der Waals surface area contributed by atoms with Gasteiger partial charge in [0.1, 0.15) is 0 Å². The fourth-order valence-electron chi connectivity index (χ4n) is 1.57. The molecule has 102 valence electrons. The van der Waals surface area contributed by atoms with E-state index in [4.69, 9.17) is 0 Å². The molecular formula is C14H14N4O2. The van der Waals surface area contributed by atoms with Crippen molar-refractivity contribution in [3.05, 3.63) is 58.6 Å². The number of azo groups is 1. The van der Waals surface area contributed by atoms with Crippen LogP contribution in [-0.4, -0.2) is 19.0 Å². The van der Waals surface area contributed by atoms with Gasteiger partial charge in [0.25, 0.3) is 5.69 Å². The van der Waals surface area contributed by atoms with E-state index in [0.717, 1.165) is 11.4 Å². The van der Waals surface area contributed by atoms with E-state index in [9.17, 15) is 10.1 Å². The third-order valence-electron chi connectivity index (χ3n) is 2.71. The monoisotopic (exact) mass is 270 g/mol. The molecule has 0 saturated heterocycles. The Balaban J connectivity index is 2.10. The Bertz CT molecular complexity index is 619. The lowest BCUT2D eigenvalue weighted by Crippen LogP contribution is -2.07. The number of non-ortho nitro benzene ring substituents is 1. The van der Waals surface area contributed by atoms with Crippen LogP contribution in [-0.2, 0) is 0 Å². The molecule has 20 heavy (non-hydrogen) atoms. The largest absolute Gasteiger partial charge is 0.378 e. The minimum Gasteiger partial charge on any atom is -0.378 e. The van der Waals surface area contributed by atoms with Crippen molar-refractivity contribution in [2.75, 3.05) is 19.0 Å². The van der Waals surface area contributed by atoms with Crippen molar-refractivity contribution >= 4 is 22.7 Å². The highest BCUT2D eigenvalue weighted by Gasteiger charge is 2.03. The second kappa shape index (κ2) is 5.92. The molecule has 0 heterocycles. The molecule has 0 aliphatic rings. The fourth-order valence-corrected chi connectivity index (χ4v) is 1.57. The molecule has 0 fully saturated rings. The van der Waals surface area contributed by atoms with Gasteiger partial charge >= 0.3 is 0 Å². The molecule has 0 radical (unpaired) electrons. The molecule has 0 aromatic heterocycles. The van der Waals surface area contributed by atoms with E-state index >= 15 is 0 Å². The molecule has 6 nitrogen and oxygen atoms in total. The van der Waals surface area contributed by atoms with E-state index in [1.54, 1.807) is 12.1 Å². The van der Waals surface area contributed by atoms with Gasteiger partial charge < -0.3 is 4.90 Å². The first kappa shape index (κ1) is 13.7. The molecule has 0 N–H and O–H groups in total. The molecule has 0 atom stereocenters. The van der Waals surface area contributed by atoms with E-state index in [1.165, 1.54) is 12.1 Å². The summed E-state index contributed by atoms with van der Waals surface area (Å²) in [6.07, 6.45) is 0. The Morgan fingerprint density at radius 2 is 1.35 bits per heavy atom. The maximum absolute atomic E-state index is 10.5. The Kier molecular flexibility index (Phi) is 4.05. The molecule has 2 aromatic rings. The normalized spacial score (nSPS) is 10.7. The zero-order valence-electron chi connectivity index (χ0n) is 11.2. The summed E-state index contributed by atoms with van der Waals surface area (Å²) in [6, 6.07) is 13.6. The van der Waals surface area contributed by atoms with Gasteiger partial charge in [0, 0.05) is 31.9 Å². The third kappa shape index (κ3) is 3.38. The maximum Gasteiger partial charge on any atom is 0.269 e. The topological polar surface area (TPSA) is 71.1 Å². The number of nitrogens with zero attached hydrogens (tertiary/aromatic N) is 4. The van der Waals surface area contributed by atoms with Crippen molar-refractivity contribution in [1.29, 1.82) is 0 Å². The van der Waals surface area contributed by atoms with Gasteiger partial charge in [0.2, 0.25) is 0 Å². The van der Waals surface area contributed by atoms with Crippen LogP contribution in [0.25, 0.3) is 0 Å².